The molecule has 23 heavy (non-hydrogen) atoms. The lowest BCUT2D eigenvalue weighted by molar-refractivity contribution is 0.142. The first-order valence-corrected chi connectivity index (χ1v) is 8.55. The van der Waals surface area contributed by atoms with E-state index in [1.807, 2.05) is 6.92 Å². The third kappa shape index (κ3) is 6.85. The molecule has 0 aliphatic rings. The Morgan fingerprint density at radius 1 is 1.13 bits per heavy atom. The molecule has 130 valence electrons. The molecule has 1 aromatic carbocycles. The molecule has 0 aromatic heterocycles. The van der Waals surface area contributed by atoms with E-state index in [4.69, 9.17) is 32.7 Å². The monoisotopic (exact) mass is 362 g/mol. The summed E-state index contributed by atoms with van der Waals surface area (Å²) >= 11 is 12.3. The fourth-order valence-corrected chi connectivity index (χ4v) is 2.48. The first-order chi connectivity index (χ1) is 11.0. The predicted octanol–water partition coefficient (Wildman–Crippen LogP) is 4.67. The topological polar surface area (TPSA) is 50.8 Å². The van der Waals surface area contributed by atoms with Gasteiger partial charge in [-0.1, -0.05) is 44.0 Å². The van der Waals surface area contributed by atoms with Crippen LogP contribution >= 0.6 is 23.2 Å². The number of nitrogens with zero attached hydrogens (tertiary/aromatic N) is 1. The molecule has 0 saturated carbocycles. The Kier molecular flexibility index (Phi) is 9.14. The molecule has 0 spiro atoms. The second kappa shape index (κ2) is 10.6. The van der Waals surface area contributed by atoms with Gasteiger partial charge in [0.05, 0.1) is 22.3 Å². The van der Waals surface area contributed by atoms with Crippen LogP contribution in [0.25, 0.3) is 0 Å². The van der Waals surface area contributed by atoms with Gasteiger partial charge < -0.3 is 14.4 Å². The summed E-state index contributed by atoms with van der Waals surface area (Å²) in [6.45, 7) is 9.53. The van der Waals surface area contributed by atoms with Gasteiger partial charge in [-0.15, -0.1) is 0 Å². The predicted molar refractivity (Wildman–Crippen MR) is 95.0 cm³/mol. The maximum Gasteiger partial charge on any atom is 0.411 e. The first kappa shape index (κ1) is 19.9. The van der Waals surface area contributed by atoms with Crippen LogP contribution in [-0.2, 0) is 4.74 Å². The average Bonchev–Trinajstić information content (AvgIpc) is 2.53. The minimum atomic E-state index is -0.580. The lowest BCUT2D eigenvalue weighted by Gasteiger charge is -2.18. The van der Waals surface area contributed by atoms with Crippen molar-refractivity contribution in [3.05, 3.63) is 22.2 Å². The fraction of sp³-hybridized carbons (Fsp3) is 0.562. The third-order valence-corrected chi connectivity index (χ3v) is 3.85. The molecule has 0 radical (unpaired) electrons. The van der Waals surface area contributed by atoms with Crippen molar-refractivity contribution in [1.82, 2.24) is 4.90 Å². The largest absolute Gasteiger partial charge is 0.493 e. The number of amides is 1. The molecule has 0 bridgehead atoms. The van der Waals surface area contributed by atoms with Gasteiger partial charge in [-0.25, -0.2) is 4.79 Å². The van der Waals surface area contributed by atoms with Crippen LogP contribution in [0.2, 0.25) is 10.0 Å². The van der Waals surface area contributed by atoms with Crippen molar-refractivity contribution in [2.45, 2.75) is 27.2 Å². The number of nitrogens with one attached hydrogen (secondary N) is 1. The number of carbonyl (C=O) groups is 1. The Morgan fingerprint density at radius 2 is 1.74 bits per heavy atom. The Morgan fingerprint density at radius 3 is 2.26 bits per heavy atom. The molecule has 0 unspecified atom stereocenters. The van der Waals surface area contributed by atoms with Crippen LogP contribution in [0.5, 0.6) is 5.75 Å². The molecule has 0 saturated heterocycles. The summed E-state index contributed by atoms with van der Waals surface area (Å²) in [4.78, 5) is 14.0. The van der Waals surface area contributed by atoms with Gasteiger partial charge in [0, 0.05) is 18.7 Å². The van der Waals surface area contributed by atoms with E-state index in [-0.39, 0.29) is 0 Å². The van der Waals surface area contributed by atoms with E-state index in [2.05, 4.69) is 24.1 Å². The number of hydrogen-bond donors (Lipinski definition) is 1. The van der Waals surface area contributed by atoms with Gasteiger partial charge in [0.25, 0.3) is 0 Å². The Labute approximate surface area is 147 Å². The maximum absolute atomic E-state index is 11.8. The number of anilines is 1. The molecular formula is C16H24Cl2N2O3. The molecule has 0 aliphatic carbocycles. The molecule has 0 aliphatic heterocycles. The molecule has 1 N–H and O–H groups in total. The van der Waals surface area contributed by atoms with Gasteiger partial charge >= 0.3 is 6.09 Å². The Hall–Kier alpha value is -1.17. The van der Waals surface area contributed by atoms with Crippen molar-refractivity contribution in [1.29, 1.82) is 0 Å². The third-order valence-electron chi connectivity index (χ3n) is 3.25. The van der Waals surface area contributed by atoms with E-state index >= 15 is 0 Å². The van der Waals surface area contributed by atoms with Crippen LogP contribution in [0.15, 0.2) is 12.1 Å². The number of ether oxygens (including phenoxy) is 2. The summed E-state index contributed by atoms with van der Waals surface area (Å²) in [6, 6.07) is 3.24. The lowest BCUT2D eigenvalue weighted by atomic mass is 10.3. The van der Waals surface area contributed by atoms with E-state index < -0.39 is 6.09 Å². The maximum atomic E-state index is 11.8. The summed E-state index contributed by atoms with van der Waals surface area (Å²) in [6.07, 6.45) is 0.303. The fourth-order valence-electron chi connectivity index (χ4n) is 1.92. The minimum absolute atomic E-state index is 0.306. The SMILES string of the molecule is CCCOc1cc(Cl)c(NC(=O)OCCN(CC)CC)c(Cl)c1. The second-order valence-electron chi connectivity index (χ2n) is 4.90. The zero-order valence-corrected chi connectivity index (χ0v) is 15.3. The van der Waals surface area contributed by atoms with Crippen molar-refractivity contribution in [3.63, 3.8) is 0 Å². The van der Waals surface area contributed by atoms with E-state index in [9.17, 15) is 4.79 Å². The molecule has 5 nitrogen and oxygen atoms in total. The number of benzene rings is 1. The quantitative estimate of drug-likeness (QED) is 0.693. The first-order valence-electron chi connectivity index (χ1n) is 7.79. The molecule has 1 aromatic rings. The molecule has 0 fully saturated rings. The summed E-state index contributed by atoms with van der Waals surface area (Å²) in [5.41, 5.74) is 0.324. The van der Waals surface area contributed by atoms with Gasteiger partial charge in [-0.2, -0.15) is 0 Å². The molecule has 7 heteroatoms. The van der Waals surface area contributed by atoms with Gasteiger partial charge in [0.15, 0.2) is 0 Å². The van der Waals surface area contributed by atoms with E-state index in [1.54, 1.807) is 12.1 Å². The lowest BCUT2D eigenvalue weighted by Crippen LogP contribution is -2.28. The zero-order valence-electron chi connectivity index (χ0n) is 13.8. The summed E-state index contributed by atoms with van der Waals surface area (Å²) in [5, 5.41) is 3.19. The van der Waals surface area contributed by atoms with Crippen molar-refractivity contribution in [2.75, 3.05) is 38.2 Å². The van der Waals surface area contributed by atoms with Crippen LogP contribution < -0.4 is 10.1 Å². The smallest absolute Gasteiger partial charge is 0.411 e. The Bertz CT molecular complexity index is 485. The summed E-state index contributed by atoms with van der Waals surface area (Å²) in [5.74, 6) is 0.572. The van der Waals surface area contributed by atoms with Crippen molar-refractivity contribution in [3.8, 4) is 5.75 Å². The van der Waals surface area contributed by atoms with Crippen LogP contribution in [0.1, 0.15) is 27.2 Å². The van der Waals surface area contributed by atoms with Crippen LogP contribution in [0, 0.1) is 0 Å². The van der Waals surface area contributed by atoms with E-state index in [0.29, 0.717) is 41.2 Å². The van der Waals surface area contributed by atoms with Gasteiger partial charge in [-0.3, -0.25) is 5.32 Å². The van der Waals surface area contributed by atoms with Gasteiger partial charge in [0.1, 0.15) is 12.4 Å². The van der Waals surface area contributed by atoms with Gasteiger partial charge in [-0.05, 0) is 19.5 Å². The normalized spacial score (nSPS) is 10.7. The molecule has 1 rings (SSSR count). The van der Waals surface area contributed by atoms with Crippen molar-refractivity contribution in [2.24, 2.45) is 0 Å². The van der Waals surface area contributed by atoms with E-state index in [1.165, 1.54) is 0 Å². The van der Waals surface area contributed by atoms with E-state index in [0.717, 1.165) is 19.5 Å². The number of likely N-dealkylation sites (N-methyl/N-ethyl adjacent to an activating group) is 1. The zero-order chi connectivity index (χ0) is 17.2. The summed E-state index contributed by atoms with van der Waals surface area (Å²) < 4.78 is 10.6. The molecule has 0 heterocycles. The molecule has 0 atom stereocenters. The van der Waals surface area contributed by atoms with Crippen LogP contribution in [0.3, 0.4) is 0 Å². The standard InChI is InChI=1S/C16H24Cl2N2O3/c1-4-8-22-12-10-13(17)15(14(18)11-12)19-16(21)23-9-7-20(5-2)6-3/h10-11H,4-9H2,1-3H3,(H,19,21). The summed E-state index contributed by atoms with van der Waals surface area (Å²) in [7, 11) is 0. The van der Waals surface area contributed by atoms with Crippen LogP contribution in [-0.4, -0.2) is 43.8 Å². The molecular weight excluding hydrogens is 339 g/mol. The highest BCUT2D eigenvalue weighted by atomic mass is 35.5. The van der Waals surface area contributed by atoms with Gasteiger partial charge in [0.2, 0.25) is 0 Å². The number of carbonyl (C=O) groups excluding carboxylic acids is 1. The number of hydrogen-bond acceptors (Lipinski definition) is 4. The molecule has 1 amide bonds. The number of halogens is 2. The average molecular weight is 363 g/mol. The number of rotatable bonds is 9. The highest BCUT2D eigenvalue weighted by molar-refractivity contribution is 6.39. The minimum Gasteiger partial charge on any atom is -0.493 e. The van der Waals surface area contributed by atoms with Crippen molar-refractivity contribution >= 4 is 35.0 Å². The second-order valence-corrected chi connectivity index (χ2v) is 5.71. The van der Waals surface area contributed by atoms with Crippen molar-refractivity contribution < 1.29 is 14.3 Å². The highest BCUT2D eigenvalue weighted by Crippen LogP contribution is 2.35. The Balaban J connectivity index is 2.57. The van der Waals surface area contributed by atoms with Crippen LogP contribution in [0.4, 0.5) is 10.5 Å². The highest BCUT2D eigenvalue weighted by Gasteiger charge is 2.13.